The summed E-state index contributed by atoms with van der Waals surface area (Å²) in [5.41, 5.74) is 4.44. The van der Waals surface area contributed by atoms with Gasteiger partial charge >= 0.3 is 0 Å². The Labute approximate surface area is 106 Å². The minimum Gasteiger partial charge on any atom is -0.306 e. The van der Waals surface area contributed by atoms with E-state index in [1.165, 1.54) is 36.0 Å². The number of rotatable bonds is 3. The zero-order valence-electron chi connectivity index (χ0n) is 9.86. The first-order valence-electron chi connectivity index (χ1n) is 6.26. The van der Waals surface area contributed by atoms with E-state index in [1.807, 2.05) is 0 Å². The highest BCUT2D eigenvalue weighted by atomic mass is 32.1. The van der Waals surface area contributed by atoms with Gasteiger partial charge in [0.1, 0.15) is 0 Å². The largest absolute Gasteiger partial charge is 0.306 e. The molecule has 2 aromatic rings. The molecule has 1 aliphatic carbocycles. The molecule has 1 nitrogen and oxygen atoms in total. The van der Waals surface area contributed by atoms with E-state index in [1.54, 1.807) is 11.3 Å². The highest BCUT2D eigenvalue weighted by Gasteiger charge is 2.18. The van der Waals surface area contributed by atoms with Gasteiger partial charge in [-0.1, -0.05) is 24.3 Å². The van der Waals surface area contributed by atoms with Crippen molar-refractivity contribution in [2.24, 2.45) is 0 Å². The van der Waals surface area contributed by atoms with E-state index in [2.05, 4.69) is 46.4 Å². The van der Waals surface area contributed by atoms with Gasteiger partial charge in [0.2, 0.25) is 0 Å². The molecule has 1 aliphatic rings. The molecule has 1 atom stereocenters. The van der Waals surface area contributed by atoms with Crippen molar-refractivity contribution in [3.63, 3.8) is 0 Å². The molecule has 1 aromatic carbocycles. The highest BCUT2D eigenvalue weighted by molar-refractivity contribution is 7.07. The molecular formula is C15H17NS. The maximum absolute atomic E-state index is 3.69. The van der Waals surface area contributed by atoms with Crippen molar-refractivity contribution < 1.29 is 0 Å². The molecular weight excluding hydrogens is 226 g/mol. The predicted octanol–water partition coefficient (Wildman–Crippen LogP) is 3.92. The zero-order valence-corrected chi connectivity index (χ0v) is 10.7. The molecule has 3 rings (SSSR count). The normalized spacial score (nSPS) is 18.9. The molecule has 0 amide bonds. The second-order valence-corrected chi connectivity index (χ2v) is 5.44. The molecule has 1 aromatic heterocycles. The molecule has 1 N–H and O–H groups in total. The maximum Gasteiger partial charge on any atom is 0.0326 e. The van der Waals surface area contributed by atoms with Crippen LogP contribution in [0.25, 0.3) is 0 Å². The third kappa shape index (κ3) is 2.43. The number of thiophene rings is 1. The lowest BCUT2D eigenvalue weighted by molar-refractivity contribution is 0.459. The smallest absolute Gasteiger partial charge is 0.0326 e. The maximum atomic E-state index is 3.69. The van der Waals surface area contributed by atoms with Crippen LogP contribution in [0, 0.1) is 0 Å². The van der Waals surface area contributed by atoms with Crippen molar-refractivity contribution in [1.82, 2.24) is 5.32 Å². The van der Waals surface area contributed by atoms with Crippen LogP contribution in [-0.2, 0) is 13.0 Å². The molecule has 0 saturated carbocycles. The lowest BCUT2D eigenvalue weighted by Crippen LogP contribution is -2.24. The number of aryl methyl sites for hydroxylation is 1. The summed E-state index contributed by atoms with van der Waals surface area (Å²) in [5.74, 6) is 0. The summed E-state index contributed by atoms with van der Waals surface area (Å²) in [6.45, 7) is 0.989. The van der Waals surface area contributed by atoms with E-state index in [0.717, 1.165) is 6.54 Å². The van der Waals surface area contributed by atoms with Crippen molar-refractivity contribution in [2.45, 2.75) is 31.8 Å². The summed E-state index contributed by atoms with van der Waals surface area (Å²) >= 11 is 1.77. The summed E-state index contributed by atoms with van der Waals surface area (Å²) in [7, 11) is 0. The fourth-order valence-electron chi connectivity index (χ4n) is 2.60. The van der Waals surface area contributed by atoms with Crippen LogP contribution in [0.4, 0.5) is 0 Å². The second kappa shape index (κ2) is 5.03. The van der Waals surface area contributed by atoms with E-state index in [9.17, 15) is 0 Å². The van der Waals surface area contributed by atoms with Crippen LogP contribution in [-0.4, -0.2) is 0 Å². The number of benzene rings is 1. The monoisotopic (exact) mass is 243 g/mol. The van der Waals surface area contributed by atoms with Crippen LogP contribution < -0.4 is 5.32 Å². The molecule has 0 spiro atoms. The molecule has 1 heterocycles. The fraction of sp³-hybridized carbons (Fsp3) is 0.333. The summed E-state index contributed by atoms with van der Waals surface area (Å²) in [5, 5.41) is 8.06. The first kappa shape index (κ1) is 11.0. The number of nitrogens with one attached hydrogen (secondary N) is 1. The summed E-state index contributed by atoms with van der Waals surface area (Å²) < 4.78 is 0. The Morgan fingerprint density at radius 2 is 2.18 bits per heavy atom. The van der Waals surface area contributed by atoms with Gasteiger partial charge in [0.05, 0.1) is 0 Å². The van der Waals surface area contributed by atoms with E-state index >= 15 is 0 Å². The van der Waals surface area contributed by atoms with E-state index in [0.29, 0.717) is 6.04 Å². The first-order valence-corrected chi connectivity index (χ1v) is 7.20. The minimum atomic E-state index is 0.542. The highest BCUT2D eigenvalue weighted by Crippen LogP contribution is 2.29. The summed E-state index contributed by atoms with van der Waals surface area (Å²) in [6.07, 6.45) is 3.81. The molecule has 0 fully saturated rings. The molecule has 0 aliphatic heterocycles. The first-order chi connectivity index (χ1) is 8.43. The third-order valence-electron chi connectivity index (χ3n) is 3.50. The van der Waals surface area contributed by atoms with Gasteiger partial charge in [-0.05, 0) is 52.8 Å². The van der Waals surface area contributed by atoms with Crippen molar-refractivity contribution >= 4 is 11.3 Å². The average molecular weight is 243 g/mol. The van der Waals surface area contributed by atoms with Crippen LogP contribution in [0.2, 0.25) is 0 Å². The standard InChI is InChI=1S/C15H17NS/c1-2-6-14-13(4-1)5-3-7-15(14)16-10-12-8-9-17-11-12/h1-2,4,6,8-9,11,15-16H,3,5,7,10H2. The zero-order chi connectivity index (χ0) is 11.5. The lowest BCUT2D eigenvalue weighted by atomic mass is 9.88. The molecule has 17 heavy (non-hydrogen) atoms. The lowest BCUT2D eigenvalue weighted by Gasteiger charge is -2.26. The van der Waals surface area contributed by atoms with Gasteiger partial charge in [0.15, 0.2) is 0 Å². The Morgan fingerprint density at radius 1 is 1.24 bits per heavy atom. The summed E-state index contributed by atoms with van der Waals surface area (Å²) in [4.78, 5) is 0. The molecule has 1 unspecified atom stereocenters. The van der Waals surface area contributed by atoms with Gasteiger partial charge in [-0.2, -0.15) is 11.3 Å². The van der Waals surface area contributed by atoms with E-state index < -0.39 is 0 Å². The van der Waals surface area contributed by atoms with Crippen LogP contribution in [0.5, 0.6) is 0 Å². The Kier molecular flexibility index (Phi) is 3.25. The topological polar surface area (TPSA) is 12.0 Å². The molecule has 0 bridgehead atoms. The van der Waals surface area contributed by atoms with Crippen LogP contribution in [0.3, 0.4) is 0 Å². The molecule has 0 radical (unpaired) electrons. The Morgan fingerprint density at radius 3 is 3.06 bits per heavy atom. The molecule has 0 saturated heterocycles. The van der Waals surface area contributed by atoms with Crippen LogP contribution >= 0.6 is 11.3 Å². The molecule has 88 valence electrons. The van der Waals surface area contributed by atoms with Crippen LogP contribution in [0.15, 0.2) is 41.1 Å². The minimum absolute atomic E-state index is 0.542. The van der Waals surface area contributed by atoms with Crippen molar-refractivity contribution in [3.05, 3.63) is 57.8 Å². The van der Waals surface area contributed by atoms with Gasteiger partial charge in [0, 0.05) is 12.6 Å². The fourth-order valence-corrected chi connectivity index (χ4v) is 3.27. The second-order valence-electron chi connectivity index (χ2n) is 4.66. The van der Waals surface area contributed by atoms with Crippen molar-refractivity contribution in [2.75, 3.05) is 0 Å². The van der Waals surface area contributed by atoms with Crippen molar-refractivity contribution in [3.8, 4) is 0 Å². The van der Waals surface area contributed by atoms with Gasteiger partial charge in [0.25, 0.3) is 0 Å². The Hall–Kier alpha value is -1.12. The molecule has 2 heteroatoms. The van der Waals surface area contributed by atoms with Gasteiger partial charge in [-0.15, -0.1) is 0 Å². The average Bonchev–Trinajstić information content (AvgIpc) is 2.89. The third-order valence-corrected chi connectivity index (χ3v) is 4.23. The summed E-state index contributed by atoms with van der Waals surface area (Å²) in [6, 6.07) is 11.6. The number of hydrogen-bond acceptors (Lipinski definition) is 2. The van der Waals surface area contributed by atoms with Crippen molar-refractivity contribution in [1.29, 1.82) is 0 Å². The van der Waals surface area contributed by atoms with Gasteiger partial charge in [-0.3, -0.25) is 0 Å². The van der Waals surface area contributed by atoms with Crippen LogP contribution in [0.1, 0.15) is 35.6 Å². The predicted molar refractivity (Wildman–Crippen MR) is 73.3 cm³/mol. The van der Waals surface area contributed by atoms with Gasteiger partial charge < -0.3 is 5.32 Å². The van der Waals surface area contributed by atoms with E-state index in [-0.39, 0.29) is 0 Å². The SMILES string of the molecule is c1ccc2c(c1)CCCC2NCc1ccsc1. The quantitative estimate of drug-likeness (QED) is 0.861. The Balaban J connectivity index is 1.72. The number of hydrogen-bond donors (Lipinski definition) is 1. The van der Waals surface area contributed by atoms with Gasteiger partial charge in [-0.25, -0.2) is 0 Å². The Bertz CT molecular complexity index is 475. The van der Waals surface area contributed by atoms with E-state index in [4.69, 9.17) is 0 Å². The number of fused-ring (bicyclic) bond motifs is 1.